The Balaban J connectivity index is 3.28. The van der Waals surface area contributed by atoms with Crippen molar-refractivity contribution in [2.45, 2.75) is 144 Å². The van der Waals surface area contributed by atoms with Crippen LogP contribution < -0.4 is 28.1 Å². The number of rotatable bonds is 23. The molecule has 1 rings (SSSR count). The maximum atomic E-state index is 13.7. The monoisotopic (exact) mass is 663 g/mol. The molecule has 8 nitrogen and oxygen atoms in total. The van der Waals surface area contributed by atoms with E-state index in [0.29, 0.717) is 39.0 Å². The summed E-state index contributed by atoms with van der Waals surface area (Å²) in [6, 6.07) is 2.97. The fourth-order valence-corrected chi connectivity index (χ4v) is 9.30. The van der Waals surface area contributed by atoms with Crippen LogP contribution in [0, 0.1) is 16.2 Å². The Morgan fingerprint density at radius 1 is 0.711 bits per heavy atom. The minimum Gasteiger partial charge on any atom is -0.329 e. The molecule has 260 valence electrons. The van der Waals surface area contributed by atoms with Gasteiger partial charge in [-0.05, 0) is 61.3 Å². The second-order valence-corrected chi connectivity index (χ2v) is 25.9. The van der Waals surface area contributed by atoms with E-state index in [4.69, 9.17) is 5.73 Å². The second kappa shape index (κ2) is 17.4. The van der Waals surface area contributed by atoms with Crippen molar-refractivity contribution in [3.63, 3.8) is 0 Å². The molecule has 1 unspecified atom stereocenters. The number of nitrogens with two attached hydrogens (primary N) is 1. The van der Waals surface area contributed by atoms with Crippen LogP contribution in [-0.2, 0) is 19.6 Å². The molecule has 1 atom stereocenters. The van der Waals surface area contributed by atoms with Crippen LogP contribution in [-0.4, -0.2) is 49.5 Å². The van der Waals surface area contributed by atoms with Crippen LogP contribution in [0.3, 0.4) is 0 Å². The number of hydrogen-bond donors (Lipinski definition) is 2. The SMILES string of the molecule is C=C[Si](C)(C)CCCn1c(=O)n(CCCC(C)(C)C(C)(C)C(C)(C)CCCNCCN)c(=O)n(CCC[Si](C)(C=C)CC)c1=O. The van der Waals surface area contributed by atoms with Crippen LogP contribution in [0.25, 0.3) is 0 Å². The van der Waals surface area contributed by atoms with Crippen LogP contribution in [0.5, 0.6) is 0 Å². The van der Waals surface area contributed by atoms with E-state index in [1.54, 1.807) is 0 Å². The lowest BCUT2D eigenvalue weighted by Gasteiger charge is -2.53. The summed E-state index contributed by atoms with van der Waals surface area (Å²) in [6.07, 6.45) is 5.16. The van der Waals surface area contributed by atoms with Crippen molar-refractivity contribution in [3.8, 4) is 0 Å². The lowest BCUT2D eigenvalue weighted by atomic mass is 9.52. The summed E-state index contributed by atoms with van der Waals surface area (Å²) in [5.41, 5.74) is 8.40. The van der Waals surface area contributed by atoms with Gasteiger partial charge >= 0.3 is 17.1 Å². The Bertz CT molecular complexity index is 1280. The van der Waals surface area contributed by atoms with Crippen LogP contribution >= 0.6 is 0 Å². The van der Waals surface area contributed by atoms with Gasteiger partial charge in [-0.15, -0.1) is 24.6 Å². The molecule has 0 spiro atoms. The second-order valence-electron chi connectivity index (χ2n) is 16.1. The van der Waals surface area contributed by atoms with E-state index < -0.39 is 33.2 Å². The van der Waals surface area contributed by atoms with Gasteiger partial charge in [0.15, 0.2) is 0 Å². The summed E-state index contributed by atoms with van der Waals surface area (Å²) in [5, 5.41) is 3.40. The molecule has 1 aromatic rings. The molecule has 3 N–H and O–H groups in total. The lowest BCUT2D eigenvalue weighted by molar-refractivity contribution is -0.0327. The summed E-state index contributed by atoms with van der Waals surface area (Å²) in [6.45, 7) is 34.4. The summed E-state index contributed by atoms with van der Waals surface area (Å²) >= 11 is 0. The van der Waals surface area contributed by atoms with Gasteiger partial charge in [-0.3, -0.25) is 0 Å². The van der Waals surface area contributed by atoms with Gasteiger partial charge in [0.1, 0.15) is 0 Å². The van der Waals surface area contributed by atoms with Gasteiger partial charge in [0, 0.05) is 32.7 Å². The van der Waals surface area contributed by atoms with Gasteiger partial charge in [0.2, 0.25) is 0 Å². The highest BCUT2D eigenvalue weighted by Crippen LogP contribution is 2.55. The summed E-state index contributed by atoms with van der Waals surface area (Å²) in [7, 11) is -3.19. The topological polar surface area (TPSA) is 104 Å². The molecule has 10 heteroatoms. The molecule has 0 saturated heterocycles. The van der Waals surface area contributed by atoms with Crippen molar-refractivity contribution in [1.82, 2.24) is 19.0 Å². The molecule has 0 bridgehead atoms. The molecule has 0 aliphatic rings. The lowest BCUT2D eigenvalue weighted by Crippen LogP contribution is -2.54. The maximum Gasteiger partial charge on any atom is 0.336 e. The third kappa shape index (κ3) is 11.2. The molecule has 45 heavy (non-hydrogen) atoms. The van der Waals surface area contributed by atoms with Crippen LogP contribution in [0.4, 0.5) is 0 Å². The van der Waals surface area contributed by atoms with Crippen molar-refractivity contribution in [2.24, 2.45) is 22.0 Å². The van der Waals surface area contributed by atoms with Crippen molar-refractivity contribution < 1.29 is 0 Å². The zero-order chi connectivity index (χ0) is 34.7. The van der Waals surface area contributed by atoms with E-state index in [1.807, 2.05) is 5.70 Å². The fraction of sp³-hybridized carbons (Fsp3) is 0.800. The third-order valence-electron chi connectivity index (χ3n) is 11.6. The minimum absolute atomic E-state index is 0.000629. The van der Waals surface area contributed by atoms with Crippen molar-refractivity contribution in [2.75, 3.05) is 19.6 Å². The van der Waals surface area contributed by atoms with Gasteiger partial charge < -0.3 is 11.1 Å². The highest BCUT2D eigenvalue weighted by Gasteiger charge is 2.46. The van der Waals surface area contributed by atoms with E-state index in [9.17, 15) is 14.4 Å². The Morgan fingerprint density at radius 2 is 1.16 bits per heavy atom. The van der Waals surface area contributed by atoms with E-state index in [-0.39, 0.29) is 16.2 Å². The zero-order valence-electron chi connectivity index (χ0n) is 30.8. The summed E-state index contributed by atoms with van der Waals surface area (Å²) in [5.74, 6) is 0. The van der Waals surface area contributed by atoms with E-state index in [2.05, 4.69) is 92.3 Å². The van der Waals surface area contributed by atoms with Gasteiger partial charge in [0.05, 0.1) is 16.1 Å². The van der Waals surface area contributed by atoms with Crippen molar-refractivity contribution in [1.29, 1.82) is 0 Å². The standard InChI is InChI=1S/C35H69N5O3Si2/c1-13-44(10,11)28-18-26-39-30(41)38(31(42)40(32(39)43)27-19-29-45(12,14-2)15-3)25-17-21-34(6,7)35(8,9)33(4,5)20-16-23-37-24-22-36/h13-14,37H,1-2,15-29,36H2,3-12H3. The first-order valence-electron chi connectivity index (χ1n) is 17.4. The molecule has 1 aromatic heterocycles. The largest absolute Gasteiger partial charge is 0.336 e. The summed E-state index contributed by atoms with van der Waals surface area (Å²) < 4.78 is 3.97. The number of nitrogens with one attached hydrogen (secondary N) is 1. The molecule has 0 saturated carbocycles. The highest BCUT2D eigenvalue weighted by molar-refractivity contribution is 6.83. The number of hydrogen-bond acceptors (Lipinski definition) is 5. The predicted molar refractivity (Wildman–Crippen MR) is 200 cm³/mol. The Labute approximate surface area is 276 Å². The number of nitrogens with zero attached hydrogens (tertiary/aromatic N) is 3. The van der Waals surface area contributed by atoms with E-state index in [1.165, 1.54) is 13.7 Å². The zero-order valence-corrected chi connectivity index (χ0v) is 32.8. The first kappa shape index (κ1) is 41.3. The van der Waals surface area contributed by atoms with Gasteiger partial charge in [0.25, 0.3) is 0 Å². The first-order chi connectivity index (χ1) is 20.8. The van der Waals surface area contributed by atoms with Crippen LogP contribution in [0.2, 0.25) is 37.8 Å². The molecule has 0 amide bonds. The Hall–Kier alpha value is -1.76. The van der Waals surface area contributed by atoms with Crippen LogP contribution in [0.1, 0.15) is 87.0 Å². The normalized spacial score (nSPS) is 14.4. The molecule has 1 heterocycles. The molecular weight excluding hydrogens is 595 g/mol. The first-order valence-corrected chi connectivity index (χ1v) is 23.7. The number of aromatic nitrogens is 3. The summed E-state index contributed by atoms with van der Waals surface area (Å²) in [4.78, 5) is 41.0. The molecule has 0 fully saturated rings. The van der Waals surface area contributed by atoms with Gasteiger partial charge in [-0.25, -0.2) is 28.1 Å². The highest BCUT2D eigenvalue weighted by atomic mass is 28.3. The fourth-order valence-electron chi connectivity index (χ4n) is 6.22. The van der Waals surface area contributed by atoms with Crippen molar-refractivity contribution >= 4 is 16.1 Å². The Kier molecular flexibility index (Phi) is 16.0. The molecule has 0 aromatic carbocycles. The average molecular weight is 664 g/mol. The minimum atomic E-state index is -1.60. The average Bonchev–Trinajstić information content (AvgIpc) is 2.97. The third-order valence-corrected chi connectivity index (χ3v) is 18.5. The van der Waals surface area contributed by atoms with Crippen molar-refractivity contribution in [3.05, 3.63) is 56.0 Å². The van der Waals surface area contributed by atoms with Gasteiger partial charge in [-0.2, -0.15) is 0 Å². The molecular formula is C35H69N5O3Si2. The van der Waals surface area contributed by atoms with Crippen LogP contribution in [0.15, 0.2) is 38.9 Å². The maximum absolute atomic E-state index is 13.7. The molecule has 0 aliphatic carbocycles. The Morgan fingerprint density at radius 3 is 1.58 bits per heavy atom. The van der Waals surface area contributed by atoms with E-state index in [0.717, 1.165) is 56.9 Å². The van der Waals surface area contributed by atoms with E-state index >= 15 is 0 Å². The smallest absolute Gasteiger partial charge is 0.329 e. The quantitative estimate of drug-likeness (QED) is 0.104. The predicted octanol–water partition coefficient (Wildman–Crippen LogP) is 6.40. The molecule has 0 aliphatic heterocycles. The molecule has 0 radical (unpaired) electrons. The van der Waals surface area contributed by atoms with Gasteiger partial charge in [-0.1, -0.05) is 86.2 Å².